The van der Waals surface area contributed by atoms with E-state index in [-0.39, 0.29) is 22.7 Å². The van der Waals surface area contributed by atoms with E-state index in [0.29, 0.717) is 34.4 Å². The van der Waals surface area contributed by atoms with Crippen LogP contribution < -0.4 is 0 Å². The number of halogens is 3. The molecule has 0 N–H and O–H groups in total. The molecule has 0 bridgehead atoms. The summed E-state index contributed by atoms with van der Waals surface area (Å²) in [5.41, 5.74) is 0.920. The molecule has 174 valence electrons. The second-order valence-corrected chi connectivity index (χ2v) is 13.0. The number of esters is 1. The highest BCUT2D eigenvalue weighted by Gasteiger charge is 2.33. The molecule has 1 fully saturated rings. The lowest BCUT2D eigenvalue weighted by molar-refractivity contribution is -0.142. The molecule has 1 saturated carbocycles. The normalized spacial score (nSPS) is 16.0. The Labute approximate surface area is 210 Å². The van der Waals surface area contributed by atoms with E-state index in [9.17, 15) is 14.4 Å². The summed E-state index contributed by atoms with van der Waals surface area (Å²) in [5.74, 6) is -0.762. The van der Waals surface area contributed by atoms with Crippen molar-refractivity contribution in [1.29, 1.82) is 0 Å². The highest BCUT2D eigenvalue weighted by Crippen LogP contribution is 2.40. The number of carbonyl (C=O) groups is 3. The Morgan fingerprint density at radius 2 is 1.81 bits per heavy atom. The number of methoxy groups -OCH3 is 1. The van der Waals surface area contributed by atoms with E-state index < -0.39 is 15.1 Å². The number of alkyl halides is 2. The van der Waals surface area contributed by atoms with Crippen LogP contribution in [-0.4, -0.2) is 33.1 Å². The summed E-state index contributed by atoms with van der Waals surface area (Å²) >= 11 is 13.0. The number of rotatable bonds is 6. The topological polar surface area (TPSA) is 65.4 Å². The lowest BCUT2D eigenvalue weighted by Crippen LogP contribution is -2.26. The molecule has 1 aromatic carbocycles. The van der Waals surface area contributed by atoms with Crippen LogP contribution in [0.3, 0.4) is 0 Å². The molecule has 8 heteroatoms. The van der Waals surface area contributed by atoms with E-state index in [0.717, 1.165) is 12.8 Å². The maximum Gasteiger partial charge on any atom is 0.313 e. The molecule has 0 amide bonds. The van der Waals surface area contributed by atoms with Crippen molar-refractivity contribution >= 4 is 72.0 Å². The number of aromatic nitrogens is 1. The number of ether oxygens (including phenoxy) is 1. The molecule has 1 heterocycles. The molecule has 0 saturated heterocycles. The first kappa shape index (κ1) is 25.4. The number of Topliss-reactive ketones (excluding diaryl/α,β-unsaturated/α-hetero) is 1. The van der Waals surface area contributed by atoms with Crippen molar-refractivity contribution in [2.24, 2.45) is 11.3 Å². The number of carbonyl (C=O) groups excluding carboxylic acids is 3. The first-order chi connectivity index (χ1) is 15.0. The van der Waals surface area contributed by atoms with E-state index in [1.165, 1.54) is 20.0 Å². The average Bonchev–Trinajstić information content (AvgIpc) is 3.36. The minimum absolute atomic E-state index is 0.131. The fraction of sp³-hybridized carbons (Fsp3) is 0.542. The maximum atomic E-state index is 13.3. The van der Waals surface area contributed by atoms with E-state index in [1.54, 1.807) is 22.9 Å². The lowest BCUT2D eigenvalue weighted by Gasteiger charge is -2.19. The highest BCUT2D eigenvalue weighted by atomic mass is 79.9. The van der Waals surface area contributed by atoms with Crippen LogP contribution >= 0.6 is 43.5 Å². The third kappa shape index (κ3) is 5.15. The van der Waals surface area contributed by atoms with Gasteiger partial charge in [-0.15, -0.1) is 0 Å². The van der Waals surface area contributed by atoms with Gasteiger partial charge in [0.2, 0.25) is 5.91 Å². The van der Waals surface area contributed by atoms with Gasteiger partial charge >= 0.3 is 5.97 Å². The van der Waals surface area contributed by atoms with Gasteiger partial charge in [-0.2, -0.15) is 0 Å². The molecule has 3 rings (SSSR count). The first-order valence-electron chi connectivity index (χ1n) is 10.7. The molecular weight excluding hydrogens is 562 g/mol. The molecule has 0 radical (unpaired) electrons. The summed E-state index contributed by atoms with van der Waals surface area (Å²) in [6, 6.07) is 3.34. The smallest absolute Gasteiger partial charge is 0.313 e. The molecule has 5 nitrogen and oxygen atoms in total. The van der Waals surface area contributed by atoms with Crippen LogP contribution in [0.5, 0.6) is 0 Å². The largest absolute Gasteiger partial charge is 0.469 e. The van der Waals surface area contributed by atoms with Gasteiger partial charge in [0.25, 0.3) is 0 Å². The van der Waals surface area contributed by atoms with Crippen LogP contribution in [0, 0.1) is 11.3 Å². The summed E-state index contributed by atoms with van der Waals surface area (Å²) < 4.78 is 6.11. The van der Waals surface area contributed by atoms with Gasteiger partial charge in [0.05, 0.1) is 23.6 Å². The molecule has 1 atom stereocenters. The number of benzene rings is 1. The van der Waals surface area contributed by atoms with Gasteiger partial charge in [0.1, 0.15) is 3.74 Å². The summed E-state index contributed by atoms with van der Waals surface area (Å²) in [4.78, 5) is 38.8. The Kier molecular flexibility index (Phi) is 7.93. The van der Waals surface area contributed by atoms with Crippen molar-refractivity contribution in [1.82, 2.24) is 4.57 Å². The molecule has 32 heavy (non-hydrogen) atoms. The summed E-state index contributed by atoms with van der Waals surface area (Å²) in [6.45, 7) is 5.52. The van der Waals surface area contributed by atoms with Gasteiger partial charge in [-0.1, -0.05) is 89.9 Å². The van der Waals surface area contributed by atoms with Crippen LogP contribution in [0.15, 0.2) is 18.3 Å². The van der Waals surface area contributed by atoms with Crippen molar-refractivity contribution in [3.05, 3.63) is 34.5 Å². The van der Waals surface area contributed by atoms with Crippen molar-refractivity contribution < 1.29 is 19.1 Å². The molecule has 0 spiro atoms. The summed E-state index contributed by atoms with van der Waals surface area (Å²) in [6.07, 6.45) is 6.91. The number of hydrogen-bond donors (Lipinski definition) is 0. The minimum atomic E-state index is -0.660. The Balaban J connectivity index is 2.24. The van der Waals surface area contributed by atoms with Crippen LogP contribution in [0.1, 0.15) is 79.5 Å². The van der Waals surface area contributed by atoms with Crippen molar-refractivity contribution in [3.8, 4) is 0 Å². The van der Waals surface area contributed by atoms with E-state index in [1.807, 2.05) is 20.8 Å². The van der Waals surface area contributed by atoms with Crippen LogP contribution in [0.4, 0.5) is 0 Å². The molecular formula is C24H28Br2ClNO4. The van der Waals surface area contributed by atoms with E-state index in [2.05, 4.69) is 31.9 Å². The summed E-state index contributed by atoms with van der Waals surface area (Å²) in [5, 5.41) is 0.969. The van der Waals surface area contributed by atoms with Gasteiger partial charge in [-0.3, -0.25) is 19.0 Å². The van der Waals surface area contributed by atoms with Gasteiger partial charge in [0.15, 0.2) is 5.78 Å². The van der Waals surface area contributed by atoms with E-state index >= 15 is 0 Å². The minimum Gasteiger partial charge on any atom is -0.469 e. The van der Waals surface area contributed by atoms with Crippen molar-refractivity contribution in [2.45, 2.75) is 62.5 Å². The van der Waals surface area contributed by atoms with Crippen LogP contribution in [0.25, 0.3) is 10.9 Å². The number of ketones is 1. The standard InChI is InChI=1S/C24H28Br2ClNO4/c1-24(2,3)23(31)28-12-17(15(22(30)32-4)9-13-7-5-6-8-13)14-10-18(27)16(11-19(14)28)20(29)21(25)26/h10-13,15,21H,5-9H2,1-4H3. The first-order valence-corrected chi connectivity index (χ1v) is 13.0. The molecule has 1 unspecified atom stereocenters. The lowest BCUT2D eigenvalue weighted by atomic mass is 9.87. The van der Waals surface area contributed by atoms with E-state index in [4.69, 9.17) is 16.3 Å². The molecule has 0 aliphatic heterocycles. The molecule has 1 aliphatic carbocycles. The van der Waals surface area contributed by atoms with Crippen LogP contribution in [-0.2, 0) is 9.53 Å². The third-order valence-corrected chi connectivity index (χ3v) is 7.30. The highest BCUT2D eigenvalue weighted by molar-refractivity contribution is 9.25. The number of fused-ring (bicyclic) bond motifs is 1. The predicted octanol–water partition coefficient (Wildman–Crippen LogP) is 7.12. The Bertz CT molecular complexity index is 1050. The quantitative estimate of drug-likeness (QED) is 0.205. The molecule has 1 aromatic heterocycles. The third-order valence-electron chi connectivity index (χ3n) is 6.15. The molecule has 2 aromatic rings. The SMILES string of the molecule is COC(=O)C(CC1CCCC1)c1cn(C(=O)C(C)(C)C)c2cc(C(=O)C(Br)Br)c(Cl)cc12. The number of hydrogen-bond acceptors (Lipinski definition) is 4. The van der Waals surface area contributed by atoms with Gasteiger partial charge in [-0.05, 0) is 30.0 Å². The van der Waals surface area contributed by atoms with Gasteiger partial charge < -0.3 is 4.74 Å². The Morgan fingerprint density at radius 3 is 2.34 bits per heavy atom. The Morgan fingerprint density at radius 1 is 1.19 bits per heavy atom. The fourth-order valence-electron chi connectivity index (χ4n) is 4.46. The summed E-state index contributed by atoms with van der Waals surface area (Å²) in [7, 11) is 1.39. The zero-order chi connectivity index (χ0) is 23.8. The average molecular weight is 590 g/mol. The monoisotopic (exact) mass is 587 g/mol. The maximum absolute atomic E-state index is 13.3. The van der Waals surface area contributed by atoms with Crippen LogP contribution in [0.2, 0.25) is 5.02 Å². The molecule has 1 aliphatic rings. The van der Waals surface area contributed by atoms with Crippen molar-refractivity contribution in [3.63, 3.8) is 0 Å². The fourth-order valence-corrected chi connectivity index (χ4v) is 5.21. The van der Waals surface area contributed by atoms with Gasteiger partial charge in [0, 0.05) is 22.6 Å². The second kappa shape index (κ2) is 9.98. The second-order valence-electron chi connectivity index (χ2n) is 9.49. The van der Waals surface area contributed by atoms with Crippen molar-refractivity contribution in [2.75, 3.05) is 7.11 Å². The number of nitrogens with zero attached hydrogens (tertiary/aromatic N) is 1. The zero-order valence-corrected chi connectivity index (χ0v) is 22.6. The zero-order valence-electron chi connectivity index (χ0n) is 18.7. The van der Waals surface area contributed by atoms with Gasteiger partial charge in [-0.25, -0.2) is 0 Å². The Hall–Kier alpha value is -1.18. The predicted molar refractivity (Wildman–Crippen MR) is 134 cm³/mol.